The van der Waals surface area contributed by atoms with E-state index in [1.165, 1.54) is 31.2 Å². The van der Waals surface area contributed by atoms with E-state index in [0.29, 0.717) is 12.1 Å². The van der Waals surface area contributed by atoms with Gasteiger partial charge in [-0.15, -0.1) is 0 Å². The summed E-state index contributed by atoms with van der Waals surface area (Å²) in [4.78, 5) is 6.79. The quantitative estimate of drug-likeness (QED) is 0.869. The van der Waals surface area contributed by atoms with Gasteiger partial charge in [0.25, 0.3) is 0 Å². The first-order chi connectivity index (χ1) is 8.15. The Hall–Kier alpha value is -0.930. The van der Waals surface area contributed by atoms with Gasteiger partial charge in [-0.25, -0.2) is 0 Å². The summed E-state index contributed by atoms with van der Waals surface area (Å²) in [5, 5.41) is 0. The maximum Gasteiger partial charge on any atom is 0.0372 e. The summed E-state index contributed by atoms with van der Waals surface area (Å²) < 4.78 is 0. The molecule has 94 valence electrons. The van der Waals surface area contributed by atoms with Crippen LogP contribution in [0.25, 0.3) is 0 Å². The van der Waals surface area contributed by atoms with Crippen molar-refractivity contribution in [3.63, 3.8) is 0 Å². The lowest BCUT2D eigenvalue weighted by atomic mass is 9.91. The minimum atomic E-state index is 0.431. The van der Waals surface area contributed by atoms with Crippen molar-refractivity contribution < 1.29 is 0 Å². The SMILES string of the molecule is Cc1ccc(CN(C)C2CCC(N)CC2)cn1. The third kappa shape index (κ3) is 3.51. The summed E-state index contributed by atoms with van der Waals surface area (Å²) in [5.74, 6) is 0. The fourth-order valence-corrected chi connectivity index (χ4v) is 2.55. The molecule has 0 radical (unpaired) electrons. The Balaban J connectivity index is 1.88. The highest BCUT2D eigenvalue weighted by molar-refractivity contribution is 5.13. The minimum Gasteiger partial charge on any atom is -0.328 e. The third-order valence-corrected chi connectivity index (χ3v) is 3.77. The van der Waals surface area contributed by atoms with Crippen LogP contribution in [0.2, 0.25) is 0 Å². The first-order valence-corrected chi connectivity index (χ1v) is 6.52. The highest BCUT2D eigenvalue weighted by Gasteiger charge is 2.21. The second-order valence-corrected chi connectivity index (χ2v) is 5.29. The second-order valence-electron chi connectivity index (χ2n) is 5.29. The van der Waals surface area contributed by atoms with E-state index in [2.05, 4.69) is 29.1 Å². The molecule has 0 unspecified atom stereocenters. The van der Waals surface area contributed by atoms with Crippen molar-refractivity contribution in [2.75, 3.05) is 7.05 Å². The summed E-state index contributed by atoms with van der Waals surface area (Å²) in [6.45, 7) is 3.02. The van der Waals surface area contributed by atoms with Crippen LogP contribution in [0.5, 0.6) is 0 Å². The zero-order valence-electron chi connectivity index (χ0n) is 10.9. The van der Waals surface area contributed by atoms with Gasteiger partial charge >= 0.3 is 0 Å². The average Bonchev–Trinajstić information content (AvgIpc) is 2.33. The number of hydrogen-bond donors (Lipinski definition) is 1. The molecule has 17 heavy (non-hydrogen) atoms. The molecule has 1 fully saturated rings. The Bertz CT molecular complexity index is 339. The molecule has 2 N–H and O–H groups in total. The summed E-state index contributed by atoms with van der Waals surface area (Å²) in [6, 6.07) is 5.38. The predicted molar refractivity (Wildman–Crippen MR) is 70.7 cm³/mol. The number of pyridine rings is 1. The van der Waals surface area contributed by atoms with Gasteiger partial charge in [-0.05, 0) is 51.3 Å². The highest BCUT2D eigenvalue weighted by atomic mass is 15.1. The molecule has 3 heteroatoms. The number of aromatic nitrogens is 1. The maximum absolute atomic E-state index is 5.94. The lowest BCUT2D eigenvalue weighted by Gasteiger charge is -2.33. The lowest BCUT2D eigenvalue weighted by Crippen LogP contribution is -2.38. The van der Waals surface area contributed by atoms with Crippen LogP contribution in [0.1, 0.15) is 36.9 Å². The van der Waals surface area contributed by atoms with Gasteiger partial charge in [0.05, 0.1) is 0 Å². The van der Waals surface area contributed by atoms with Crippen LogP contribution >= 0.6 is 0 Å². The molecule has 0 amide bonds. The van der Waals surface area contributed by atoms with Crippen molar-refractivity contribution in [2.24, 2.45) is 5.73 Å². The number of rotatable bonds is 3. The Kier molecular flexibility index (Phi) is 4.13. The molecule has 0 saturated heterocycles. The van der Waals surface area contributed by atoms with Crippen LogP contribution in [0.15, 0.2) is 18.3 Å². The Morgan fingerprint density at radius 1 is 1.29 bits per heavy atom. The molecule has 0 aromatic carbocycles. The summed E-state index contributed by atoms with van der Waals surface area (Å²) in [5.41, 5.74) is 8.32. The van der Waals surface area contributed by atoms with Crippen LogP contribution in [0.4, 0.5) is 0 Å². The fourth-order valence-electron chi connectivity index (χ4n) is 2.55. The molecule has 2 rings (SSSR count). The van der Waals surface area contributed by atoms with Gasteiger partial charge in [-0.2, -0.15) is 0 Å². The van der Waals surface area contributed by atoms with Crippen LogP contribution in [0.3, 0.4) is 0 Å². The van der Waals surface area contributed by atoms with Gasteiger partial charge in [0.2, 0.25) is 0 Å². The van der Waals surface area contributed by atoms with E-state index >= 15 is 0 Å². The highest BCUT2D eigenvalue weighted by Crippen LogP contribution is 2.22. The van der Waals surface area contributed by atoms with Crippen molar-refractivity contribution in [3.05, 3.63) is 29.6 Å². The van der Waals surface area contributed by atoms with Crippen molar-refractivity contribution in [2.45, 2.75) is 51.2 Å². The molecule has 1 heterocycles. The molecule has 0 bridgehead atoms. The normalized spacial score (nSPS) is 25.2. The van der Waals surface area contributed by atoms with E-state index in [0.717, 1.165) is 12.2 Å². The molecule has 1 aromatic rings. The second kappa shape index (κ2) is 5.61. The first kappa shape index (κ1) is 12.5. The number of nitrogens with zero attached hydrogens (tertiary/aromatic N) is 2. The molecule has 1 aliphatic carbocycles. The van der Waals surface area contributed by atoms with Crippen LogP contribution in [-0.4, -0.2) is 29.0 Å². The fraction of sp³-hybridized carbons (Fsp3) is 0.643. The summed E-state index contributed by atoms with van der Waals surface area (Å²) in [7, 11) is 2.21. The largest absolute Gasteiger partial charge is 0.328 e. The summed E-state index contributed by atoms with van der Waals surface area (Å²) >= 11 is 0. The van der Waals surface area contributed by atoms with E-state index < -0.39 is 0 Å². The molecular formula is C14H23N3. The molecule has 0 atom stereocenters. The third-order valence-electron chi connectivity index (χ3n) is 3.77. The minimum absolute atomic E-state index is 0.431. The van der Waals surface area contributed by atoms with Crippen molar-refractivity contribution in [3.8, 4) is 0 Å². The zero-order chi connectivity index (χ0) is 12.3. The smallest absolute Gasteiger partial charge is 0.0372 e. The average molecular weight is 233 g/mol. The Morgan fingerprint density at radius 3 is 2.59 bits per heavy atom. The van der Waals surface area contributed by atoms with E-state index in [1.54, 1.807) is 0 Å². The zero-order valence-corrected chi connectivity index (χ0v) is 10.9. The van der Waals surface area contributed by atoms with Gasteiger partial charge in [0.1, 0.15) is 0 Å². The molecule has 0 aliphatic heterocycles. The van der Waals surface area contributed by atoms with E-state index in [-0.39, 0.29) is 0 Å². The monoisotopic (exact) mass is 233 g/mol. The van der Waals surface area contributed by atoms with E-state index in [1.807, 2.05) is 13.1 Å². The Morgan fingerprint density at radius 2 is 2.00 bits per heavy atom. The van der Waals surface area contributed by atoms with Gasteiger partial charge in [-0.1, -0.05) is 6.07 Å². The van der Waals surface area contributed by atoms with Gasteiger partial charge in [0.15, 0.2) is 0 Å². The molecule has 1 saturated carbocycles. The van der Waals surface area contributed by atoms with E-state index in [9.17, 15) is 0 Å². The topological polar surface area (TPSA) is 42.1 Å². The maximum atomic E-state index is 5.94. The van der Waals surface area contributed by atoms with Crippen LogP contribution in [-0.2, 0) is 6.54 Å². The number of nitrogens with two attached hydrogens (primary N) is 1. The standard InChI is InChI=1S/C14H23N3/c1-11-3-4-12(9-16-11)10-17(2)14-7-5-13(15)6-8-14/h3-4,9,13-14H,5-8,10,15H2,1-2H3. The van der Waals surface area contributed by atoms with Gasteiger partial charge in [-0.3, -0.25) is 9.88 Å². The lowest BCUT2D eigenvalue weighted by molar-refractivity contribution is 0.176. The van der Waals surface area contributed by atoms with Crippen LogP contribution in [0, 0.1) is 6.92 Å². The van der Waals surface area contributed by atoms with Crippen molar-refractivity contribution in [1.82, 2.24) is 9.88 Å². The number of aryl methyl sites for hydroxylation is 1. The molecule has 0 spiro atoms. The number of hydrogen-bond acceptors (Lipinski definition) is 3. The predicted octanol–water partition coefficient (Wildman–Crippen LogP) is 2.09. The van der Waals surface area contributed by atoms with E-state index in [4.69, 9.17) is 5.73 Å². The first-order valence-electron chi connectivity index (χ1n) is 6.52. The Labute approximate surface area is 104 Å². The van der Waals surface area contributed by atoms with Gasteiger partial charge in [0, 0.05) is 30.5 Å². The van der Waals surface area contributed by atoms with Gasteiger partial charge < -0.3 is 5.73 Å². The molecular weight excluding hydrogens is 210 g/mol. The summed E-state index contributed by atoms with van der Waals surface area (Å²) in [6.07, 6.45) is 6.79. The molecule has 1 aromatic heterocycles. The van der Waals surface area contributed by atoms with Crippen molar-refractivity contribution >= 4 is 0 Å². The molecule has 1 aliphatic rings. The van der Waals surface area contributed by atoms with Crippen LogP contribution < -0.4 is 5.73 Å². The molecule has 3 nitrogen and oxygen atoms in total. The van der Waals surface area contributed by atoms with Crippen molar-refractivity contribution in [1.29, 1.82) is 0 Å².